The van der Waals surface area contributed by atoms with E-state index in [0.717, 1.165) is 6.04 Å². The van der Waals surface area contributed by atoms with Crippen LogP contribution in [0.2, 0.25) is 0 Å². The first-order valence-corrected chi connectivity index (χ1v) is 6.61. The topological polar surface area (TPSA) is 24.1 Å². The highest BCUT2D eigenvalue weighted by atomic mass is 32.2. The Bertz CT molecular complexity index is 124. The molecule has 13 heavy (non-hydrogen) atoms. The fourth-order valence-electron chi connectivity index (χ4n) is 2.16. The van der Waals surface area contributed by atoms with Crippen LogP contribution < -0.4 is 10.6 Å². The molecular weight excluding hydrogens is 180 g/mol. The first-order valence-electron chi connectivity index (χ1n) is 5.56. The third kappa shape index (κ3) is 3.15. The van der Waals surface area contributed by atoms with Gasteiger partial charge in [0.15, 0.2) is 0 Å². The van der Waals surface area contributed by atoms with Gasteiger partial charge in [0.05, 0.1) is 0 Å². The molecular formula is C10H20N2S. The van der Waals surface area contributed by atoms with Gasteiger partial charge in [0.2, 0.25) is 0 Å². The van der Waals surface area contributed by atoms with Crippen LogP contribution >= 0.6 is 11.8 Å². The summed E-state index contributed by atoms with van der Waals surface area (Å²) in [5.41, 5.74) is 0.539. The van der Waals surface area contributed by atoms with Crippen molar-refractivity contribution in [1.29, 1.82) is 0 Å². The van der Waals surface area contributed by atoms with Crippen molar-refractivity contribution in [1.82, 2.24) is 10.6 Å². The third-order valence-electron chi connectivity index (χ3n) is 2.93. The second-order valence-electron chi connectivity index (χ2n) is 4.06. The van der Waals surface area contributed by atoms with E-state index in [2.05, 4.69) is 10.6 Å². The van der Waals surface area contributed by atoms with Gasteiger partial charge in [-0.1, -0.05) is 19.3 Å². The first-order chi connectivity index (χ1) is 6.45. The lowest BCUT2D eigenvalue weighted by Crippen LogP contribution is -2.48. The number of nitrogens with one attached hydrogen (secondary N) is 2. The van der Waals surface area contributed by atoms with Gasteiger partial charge >= 0.3 is 0 Å². The molecule has 0 aromatic heterocycles. The van der Waals surface area contributed by atoms with Crippen LogP contribution in [0.1, 0.15) is 38.5 Å². The smallest absolute Gasteiger partial charge is 0.106 e. The van der Waals surface area contributed by atoms with Crippen molar-refractivity contribution in [3.05, 3.63) is 0 Å². The molecule has 2 N–H and O–H groups in total. The Morgan fingerprint density at radius 3 is 2.62 bits per heavy atom. The van der Waals surface area contributed by atoms with E-state index >= 15 is 0 Å². The Morgan fingerprint density at radius 2 is 1.92 bits per heavy atom. The van der Waals surface area contributed by atoms with E-state index in [1.807, 2.05) is 11.8 Å². The second kappa shape index (κ2) is 5.23. The zero-order valence-electron chi connectivity index (χ0n) is 8.22. The van der Waals surface area contributed by atoms with Crippen molar-refractivity contribution in [2.24, 2.45) is 0 Å². The molecule has 1 unspecified atom stereocenters. The first kappa shape index (κ1) is 9.81. The van der Waals surface area contributed by atoms with E-state index in [1.165, 1.54) is 50.8 Å². The normalized spacial score (nSPS) is 31.8. The highest BCUT2D eigenvalue weighted by Gasteiger charge is 2.19. The van der Waals surface area contributed by atoms with Gasteiger partial charge < -0.3 is 0 Å². The van der Waals surface area contributed by atoms with Crippen LogP contribution in [-0.2, 0) is 0 Å². The van der Waals surface area contributed by atoms with Crippen molar-refractivity contribution in [3.8, 4) is 0 Å². The Balaban J connectivity index is 1.69. The van der Waals surface area contributed by atoms with Crippen molar-refractivity contribution in [2.75, 3.05) is 12.3 Å². The molecule has 2 fully saturated rings. The number of rotatable bonds is 2. The standard InChI is InChI=1S/C10H20N2S/c1-2-5-9(6-3-1)12-10-11-7-4-8-13-10/h9-12H,1-8H2. The molecule has 0 aromatic carbocycles. The summed E-state index contributed by atoms with van der Waals surface area (Å²) in [6.07, 6.45) is 8.40. The van der Waals surface area contributed by atoms with Crippen molar-refractivity contribution < 1.29 is 0 Å². The molecule has 0 aromatic rings. The summed E-state index contributed by atoms with van der Waals surface area (Å²) >= 11 is 2.03. The molecule has 1 atom stereocenters. The average molecular weight is 200 g/mol. The number of hydrogen-bond donors (Lipinski definition) is 2. The van der Waals surface area contributed by atoms with Gasteiger partial charge in [-0.3, -0.25) is 10.6 Å². The molecule has 1 saturated carbocycles. The lowest BCUT2D eigenvalue weighted by molar-refractivity contribution is 0.349. The summed E-state index contributed by atoms with van der Waals surface area (Å²) in [5.74, 6) is 1.32. The van der Waals surface area contributed by atoms with Gasteiger partial charge in [0.1, 0.15) is 5.50 Å². The van der Waals surface area contributed by atoms with E-state index in [9.17, 15) is 0 Å². The minimum absolute atomic E-state index is 0.539. The van der Waals surface area contributed by atoms with Gasteiger partial charge in [-0.05, 0) is 31.6 Å². The Hall–Kier alpha value is 0.270. The molecule has 0 radical (unpaired) electrons. The summed E-state index contributed by atoms with van der Waals surface area (Å²) in [5, 5.41) is 7.23. The fourth-order valence-corrected chi connectivity index (χ4v) is 3.23. The zero-order chi connectivity index (χ0) is 8.93. The van der Waals surface area contributed by atoms with Gasteiger partial charge in [0.25, 0.3) is 0 Å². The van der Waals surface area contributed by atoms with Crippen LogP contribution in [0.4, 0.5) is 0 Å². The van der Waals surface area contributed by atoms with E-state index in [0.29, 0.717) is 5.50 Å². The molecule has 1 saturated heterocycles. The van der Waals surface area contributed by atoms with Crippen molar-refractivity contribution >= 4 is 11.8 Å². The van der Waals surface area contributed by atoms with Crippen molar-refractivity contribution in [2.45, 2.75) is 50.1 Å². The maximum absolute atomic E-state index is 3.71. The summed E-state index contributed by atoms with van der Waals surface area (Å²) in [6.45, 7) is 1.19. The molecule has 0 spiro atoms. The SMILES string of the molecule is C1CCC(NC2NCCCS2)CC1. The molecule has 2 aliphatic rings. The van der Waals surface area contributed by atoms with Crippen LogP contribution in [-0.4, -0.2) is 23.8 Å². The summed E-state index contributed by atoms with van der Waals surface area (Å²) in [4.78, 5) is 0. The third-order valence-corrected chi connectivity index (χ3v) is 4.09. The molecule has 2 nitrogen and oxygen atoms in total. The highest BCUT2D eigenvalue weighted by Crippen LogP contribution is 2.20. The minimum Gasteiger partial charge on any atom is -0.293 e. The van der Waals surface area contributed by atoms with Crippen LogP contribution in [0, 0.1) is 0 Å². The average Bonchev–Trinajstić information content (AvgIpc) is 2.21. The molecule has 1 aliphatic heterocycles. The van der Waals surface area contributed by atoms with E-state index in [1.54, 1.807) is 0 Å². The van der Waals surface area contributed by atoms with Gasteiger partial charge in [-0.2, -0.15) is 0 Å². The van der Waals surface area contributed by atoms with E-state index in [-0.39, 0.29) is 0 Å². The van der Waals surface area contributed by atoms with Crippen LogP contribution in [0.15, 0.2) is 0 Å². The maximum atomic E-state index is 3.71. The number of hydrogen-bond acceptors (Lipinski definition) is 3. The minimum atomic E-state index is 0.539. The Kier molecular flexibility index (Phi) is 3.94. The fraction of sp³-hybridized carbons (Fsp3) is 1.00. The van der Waals surface area contributed by atoms with Crippen molar-refractivity contribution in [3.63, 3.8) is 0 Å². The summed E-state index contributed by atoms with van der Waals surface area (Å²) < 4.78 is 0. The Labute approximate surface area is 85.2 Å². The summed E-state index contributed by atoms with van der Waals surface area (Å²) in [6, 6.07) is 0.789. The number of thioether (sulfide) groups is 1. The molecule has 3 heteroatoms. The molecule has 1 aliphatic carbocycles. The van der Waals surface area contributed by atoms with E-state index in [4.69, 9.17) is 0 Å². The van der Waals surface area contributed by atoms with Crippen LogP contribution in [0.25, 0.3) is 0 Å². The Morgan fingerprint density at radius 1 is 1.08 bits per heavy atom. The monoisotopic (exact) mass is 200 g/mol. The van der Waals surface area contributed by atoms with Crippen LogP contribution in [0.5, 0.6) is 0 Å². The van der Waals surface area contributed by atoms with Crippen LogP contribution in [0.3, 0.4) is 0 Å². The predicted molar refractivity (Wildman–Crippen MR) is 58.9 cm³/mol. The van der Waals surface area contributed by atoms with E-state index < -0.39 is 0 Å². The zero-order valence-corrected chi connectivity index (χ0v) is 9.04. The molecule has 76 valence electrons. The molecule has 0 amide bonds. The molecule has 0 bridgehead atoms. The maximum Gasteiger partial charge on any atom is 0.106 e. The largest absolute Gasteiger partial charge is 0.293 e. The second-order valence-corrected chi connectivity index (χ2v) is 5.27. The van der Waals surface area contributed by atoms with Gasteiger partial charge in [-0.15, -0.1) is 11.8 Å². The predicted octanol–water partition coefficient (Wildman–Crippen LogP) is 1.92. The molecule has 2 rings (SSSR count). The lowest BCUT2D eigenvalue weighted by atomic mass is 9.96. The summed E-state index contributed by atoms with van der Waals surface area (Å²) in [7, 11) is 0. The molecule has 1 heterocycles. The van der Waals surface area contributed by atoms with Gasteiger partial charge in [0, 0.05) is 6.04 Å². The quantitative estimate of drug-likeness (QED) is 0.712. The van der Waals surface area contributed by atoms with Gasteiger partial charge in [-0.25, -0.2) is 0 Å². The highest BCUT2D eigenvalue weighted by molar-refractivity contribution is 7.99. The lowest BCUT2D eigenvalue weighted by Gasteiger charge is -2.30.